The zero-order chi connectivity index (χ0) is 23.0. The fraction of sp³-hybridized carbons (Fsp3) is 0.647. The molecule has 31 heavy (non-hydrogen) atoms. The van der Waals surface area contributed by atoms with Gasteiger partial charge in [0.25, 0.3) is 5.91 Å². The average Bonchev–Trinajstić information content (AvgIpc) is 3.14. The second kappa shape index (κ2) is 8.24. The monoisotopic (exact) mass is 458 g/mol. The van der Waals surface area contributed by atoms with Gasteiger partial charge in [-0.3, -0.25) is 14.4 Å². The van der Waals surface area contributed by atoms with E-state index < -0.39 is 49.8 Å². The summed E-state index contributed by atoms with van der Waals surface area (Å²) in [7, 11) is -3.96. The Kier molecular flexibility index (Phi) is 6.02. The number of carbonyl (C=O) groups excluding carboxylic acids is 3. The number of esters is 1. The molecule has 0 saturated carbocycles. The summed E-state index contributed by atoms with van der Waals surface area (Å²) in [5.41, 5.74) is 0. The van der Waals surface area contributed by atoms with Crippen LogP contribution < -0.4 is 10.00 Å². The highest BCUT2D eigenvalue weighted by Gasteiger charge is 2.71. The van der Waals surface area contributed by atoms with E-state index in [-0.39, 0.29) is 39.1 Å². The highest BCUT2D eigenvalue weighted by Crippen LogP contribution is 2.46. The maximum Gasteiger partial charge on any atom is 0.328 e. The first-order valence-electron chi connectivity index (χ1n) is 9.64. The Morgan fingerprint density at radius 2 is 2.13 bits per heavy atom. The van der Waals surface area contributed by atoms with Crippen LogP contribution in [-0.4, -0.2) is 81.4 Å². The van der Waals surface area contributed by atoms with Crippen LogP contribution >= 0.6 is 0 Å². The van der Waals surface area contributed by atoms with E-state index in [2.05, 4.69) is 10.5 Å². The first-order chi connectivity index (χ1) is 14.5. The number of carboxylic acid groups (broad SMARTS) is 1. The maximum atomic E-state index is 12.9. The molecular formula is C17H24N5O8S+. The Balaban J connectivity index is 1.66. The van der Waals surface area contributed by atoms with E-state index in [0.29, 0.717) is 0 Å². The van der Waals surface area contributed by atoms with Gasteiger partial charge in [-0.05, 0) is 13.8 Å². The molecule has 3 heterocycles. The van der Waals surface area contributed by atoms with Gasteiger partial charge in [-0.15, -0.1) is 9.36 Å². The number of aliphatic carboxylic acids is 1. The molecule has 2 aliphatic heterocycles. The molecule has 0 aliphatic carbocycles. The molecule has 14 heteroatoms. The Morgan fingerprint density at radius 1 is 1.42 bits per heavy atom. The van der Waals surface area contributed by atoms with Crippen LogP contribution in [0.5, 0.6) is 0 Å². The lowest BCUT2D eigenvalue weighted by molar-refractivity contribution is -0.743. The lowest BCUT2D eigenvalue weighted by Gasteiger charge is -2.35. The molecule has 13 nitrogen and oxygen atoms in total. The van der Waals surface area contributed by atoms with Crippen LogP contribution in [0, 0.1) is 0 Å². The highest BCUT2D eigenvalue weighted by molar-refractivity contribution is 7.93. The molecule has 0 unspecified atom stereocenters. The predicted octanol–water partition coefficient (Wildman–Crippen LogP) is -2.56. The first kappa shape index (κ1) is 22.7. The second-order valence-electron chi connectivity index (χ2n) is 7.55. The van der Waals surface area contributed by atoms with Crippen molar-refractivity contribution in [1.82, 2.24) is 20.1 Å². The van der Waals surface area contributed by atoms with E-state index in [0.717, 1.165) is 4.90 Å². The van der Waals surface area contributed by atoms with Crippen LogP contribution in [0.3, 0.4) is 0 Å². The molecule has 1 aromatic rings. The molecule has 0 aromatic carbocycles. The fourth-order valence-corrected chi connectivity index (χ4v) is 6.24. The predicted molar refractivity (Wildman–Crippen MR) is 101 cm³/mol. The first-order valence-corrected chi connectivity index (χ1v) is 11.2. The van der Waals surface area contributed by atoms with Gasteiger partial charge >= 0.3 is 11.9 Å². The van der Waals surface area contributed by atoms with Gasteiger partial charge in [-0.25, -0.2) is 13.2 Å². The summed E-state index contributed by atoms with van der Waals surface area (Å²) in [6.45, 7) is 2.84. The van der Waals surface area contributed by atoms with Gasteiger partial charge in [-0.1, -0.05) is 0 Å². The minimum absolute atomic E-state index is 0.0296. The number of sulfone groups is 1. The number of β-lactam (4-membered cyclic amide) rings is 1. The zero-order valence-corrected chi connectivity index (χ0v) is 17.9. The van der Waals surface area contributed by atoms with Crippen LogP contribution in [0.1, 0.15) is 26.7 Å². The number of carboxylic acids is 1. The molecule has 2 amide bonds. The van der Waals surface area contributed by atoms with Gasteiger partial charge in [-0.2, -0.15) is 0 Å². The molecule has 0 radical (unpaired) electrons. The summed E-state index contributed by atoms with van der Waals surface area (Å²) in [4.78, 5) is 47.8. The molecule has 3 rings (SSSR count). The normalized spacial score (nSPS) is 26.1. The number of rotatable bonds is 9. The van der Waals surface area contributed by atoms with Gasteiger partial charge in [0.1, 0.15) is 16.7 Å². The molecule has 2 saturated heterocycles. The number of fused-ring (bicyclic) bond motifs is 1. The Hall–Kier alpha value is -3.03. The molecule has 170 valence electrons. The Morgan fingerprint density at radius 3 is 2.74 bits per heavy atom. The van der Waals surface area contributed by atoms with Crippen LogP contribution in [0.4, 0.5) is 0 Å². The second-order valence-corrected chi connectivity index (χ2v) is 10.1. The van der Waals surface area contributed by atoms with Gasteiger partial charge in [0, 0.05) is 6.54 Å². The van der Waals surface area contributed by atoms with Crippen molar-refractivity contribution in [3.05, 3.63) is 12.4 Å². The number of amides is 2. The number of carbonyl (C=O) groups is 4. The standard InChI is InChI=1S/C17H23N5O8S/c1-3-30-14(25)4-5-18-11(23)9-20-6-7-21(19-20)10-17(2)15(16(26)27)22-12(24)8-13(22)31(17,28)29/h6-7,13,15H,3-5,8-10H2,1-2H3,(H-,18,23,26,27)/p+1/t13-,15+,17+/m1/s1. The lowest BCUT2D eigenvalue weighted by Crippen LogP contribution is -2.58. The molecule has 2 aliphatic rings. The number of aromatic nitrogens is 3. The van der Waals surface area contributed by atoms with E-state index in [1.807, 2.05) is 0 Å². The summed E-state index contributed by atoms with van der Waals surface area (Å²) in [5, 5.41) is 15.1. The van der Waals surface area contributed by atoms with Crippen molar-refractivity contribution in [2.45, 2.75) is 55.9 Å². The summed E-state index contributed by atoms with van der Waals surface area (Å²) in [6.07, 6.45) is 2.66. The van der Waals surface area contributed by atoms with E-state index >= 15 is 0 Å². The number of nitrogens with one attached hydrogen (secondary N) is 1. The largest absolute Gasteiger partial charge is 0.480 e. The molecule has 0 bridgehead atoms. The topological polar surface area (TPSA) is 169 Å². The molecule has 2 N–H and O–H groups in total. The van der Waals surface area contributed by atoms with Crippen molar-refractivity contribution >= 4 is 33.6 Å². The molecular weight excluding hydrogens is 434 g/mol. The number of ether oxygens (including phenoxy) is 1. The van der Waals surface area contributed by atoms with Gasteiger partial charge in [0.2, 0.25) is 5.91 Å². The van der Waals surface area contributed by atoms with Crippen molar-refractivity contribution in [2.75, 3.05) is 13.2 Å². The van der Waals surface area contributed by atoms with Crippen molar-refractivity contribution < 1.29 is 42.1 Å². The van der Waals surface area contributed by atoms with E-state index in [4.69, 9.17) is 4.74 Å². The smallest absolute Gasteiger partial charge is 0.328 e. The number of hydrogen-bond acceptors (Lipinski definition) is 8. The van der Waals surface area contributed by atoms with Crippen LogP contribution in [-0.2, 0) is 46.8 Å². The van der Waals surface area contributed by atoms with Gasteiger partial charge in [0.15, 0.2) is 34.8 Å². The number of hydrogen-bond donors (Lipinski definition) is 2. The highest BCUT2D eigenvalue weighted by atomic mass is 32.2. The fourth-order valence-electron chi connectivity index (χ4n) is 3.88. The van der Waals surface area contributed by atoms with Crippen molar-refractivity contribution in [3.63, 3.8) is 0 Å². The van der Waals surface area contributed by atoms with E-state index in [1.165, 1.54) is 28.7 Å². The third-order valence-electron chi connectivity index (χ3n) is 5.42. The minimum atomic E-state index is -3.96. The van der Waals surface area contributed by atoms with Crippen LogP contribution in [0.25, 0.3) is 0 Å². The van der Waals surface area contributed by atoms with Crippen molar-refractivity contribution in [3.8, 4) is 0 Å². The van der Waals surface area contributed by atoms with Crippen LogP contribution in [0.2, 0.25) is 0 Å². The summed E-state index contributed by atoms with van der Waals surface area (Å²) in [6, 6.07) is -1.52. The maximum absolute atomic E-state index is 12.9. The number of nitrogens with zero attached hydrogens (tertiary/aromatic N) is 4. The summed E-state index contributed by atoms with van der Waals surface area (Å²) in [5.74, 6) is -2.76. The van der Waals surface area contributed by atoms with Gasteiger partial charge in [0.05, 0.1) is 24.7 Å². The van der Waals surface area contributed by atoms with E-state index in [1.54, 1.807) is 6.92 Å². The van der Waals surface area contributed by atoms with E-state index in [9.17, 15) is 32.7 Å². The van der Waals surface area contributed by atoms with Crippen LogP contribution in [0.15, 0.2) is 12.4 Å². The molecule has 1 aromatic heterocycles. The molecule has 3 atom stereocenters. The molecule has 2 fully saturated rings. The third kappa shape index (κ3) is 3.98. The molecule has 0 spiro atoms. The Labute approximate surface area is 177 Å². The van der Waals surface area contributed by atoms with Crippen molar-refractivity contribution in [1.29, 1.82) is 0 Å². The quantitative estimate of drug-likeness (QED) is 0.230. The summed E-state index contributed by atoms with van der Waals surface area (Å²) < 4.78 is 31.3. The minimum Gasteiger partial charge on any atom is -0.480 e. The van der Waals surface area contributed by atoms with Gasteiger partial charge < -0.3 is 20.1 Å². The lowest BCUT2D eigenvalue weighted by atomic mass is 9.96. The third-order valence-corrected chi connectivity index (χ3v) is 8.19. The SMILES string of the molecule is CCOC(=O)CCNC(=O)C[n+]1ccn(C[C@@]2(C)[C@H](C(=O)O)N3C(=O)C[C@H]3S2(=O)=O)n1. The van der Waals surface area contributed by atoms with Crippen molar-refractivity contribution in [2.24, 2.45) is 0 Å². The summed E-state index contributed by atoms with van der Waals surface area (Å²) >= 11 is 0. The Bertz CT molecular complexity index is 1020. The zero-order valence-electron chi connectivity index (χ0n) is 17.1. The average molecular weight is 458 g/mol.